The Kier molecular flexibility index (Phi) is 3.39. The third-order valence-corrected chi connectivity index (χ3v) is 2.39. The Balaban J connectivity index is 2.00. The summed E-state index contributed by atoms with van der Waals surface area (Å²) in [7, 11) is 0. The molecule has 1 amide bonds. The van der Waals surface area contributed by atoms with Crippen LogP contribution in [-0.4, -0.2) is 28.7 Å². The standard InChI is InChI=1S/C12H16N4O/c1-8(2)13-7-12(17)15-10-3-4-11-9(5-10)6-14-16-11/h3-6,8,13H,7H2,1-2H3,(H,14,16)(H,15,17). The molecule has 0 bridgehead atoms. The van der Waals surface area contributed by atoms with Gasteiger partial charge in [0.25, 0.3) is 0 Å². The van der Waals surface area contributed by atoms with E-state index in [1.54, 1.807) is 6.20 Å². The number of benzene rings is 1. The Hall–Kier alpha value is -1.88. The van der Waals surface area contributed by atoms with Crippen LogP contribution in [0.5, 0.6) is 0 Å². The number of hydrogen-bond donors (Lipinski definition) is 3. The molecule has 2 rings (SSSR count). The van der Waals surface area contributed by atoms with Crippen molar-refractivity contribution in [3.8, 4) is 0 Å². The molecule has 1 aromatic carbocycles. The van der Waals surface area contributed by atoms with E-state index >= 15 is 0 Å². The number of nitrogens with one attached hydrogen (secondary N) is 3. The van der Waals surface area contributed by atoms with Crippen LogP contribution < -0.4 is 10.6 Å². The molecule has 0 unspecified atom stereocenters. The lowest BCUT2D eigenvalue weighted by Gasteiger charge is -2.08. The van der Waals surface area contributed by atoms with Gasteiger partial charge in [0, 0.05) is 17.1 Å². The second-order valence-electron chi connectivity index (χ2n) is 4.26. The fraction of sp³-hybridized carbons (Fsp3) is 0.333. The molecule has 0 aliphatic rings. The van der Waals surface area contributed by atoms with Crippen LogP contribution in [0.2, 0.25) is 0 Å². The van der Waals surface area contributed by atoms with E-state index < -0.39 is 0 Å². The quantitative estimate of drug-likeness (QED) is 0.748. The minimum absolute atomic E-state index is 0.0402. The van der Waals surface area contributed by atoms with Crippen molar-refractivity contribution in [3.05, 3.63) is 24.4 Å². The second kappa shape index (κ2) is 4.97. The summed E-state index contributed by atoms with van der Waals surface area (Å²) in [4.78, 5) is 11.6. The zero-order valence-corrected chi connectivity index (χ0v) is 9.95. The maximum absolute atomic E-state index is 11.6. The van der Waals surface area contributed by atoms with E-state index in [0.29, 0.717) is 12.6 Å². The summed E-state index contributed by atoms with van der Waals surface area (Å²) < 4.78 is 0. The Morgan fingerprint density at radius 1 is 1.47 bits per heavy atom. The highest BCUT2D eigenvalue weighted by Crippen LogP contribution is 2.16. The van der Waals surface area contributed by atoms with Gasteiger partial charge < -0.3 is 10.6 Å². The summed E-state index contributed by atoms with van der Waals surface area (Å²) >= 11 is 0. The molecule has 0 fully saturated rings. The van der Waals surface area contributed by atoms with Gasteiger partial charge in [0.05, 0.1) is 18.3 Å². The molecule has 0 radical (unpaired) electrons. The topological polar surface area (TPSA) is 69.8 Å². The summed E-state index contributed by atoms with van der Waals surface area (Å²) in [5.41, 5.74) is 1.75. The zero-order chi connectivity index (χ0) is 12.3. The van der Waals surface area contributed by atoms with E-state index in [0.717, 1.165) is 16.6 Å². The maximum atomic E-state index is 11.6. The SMILES string of the molecule is CC(C)NCC(=O)Nc1ccc2[nH]ncc2c1. The third-order valence-electron chi connectivity index (χ3n) is 2.39. The molecule has 5 nitrogen and oxygen atoms in total. The van der Waals surface area contributed by atoms with Crippen molar-refractivity contribution in [2.24, 2.45) is 0 Å². The predicted molar refractivity (Wildman–Crippen MR) is 67.9 cm³/mol. The summed E-state index contributed by atoms with van der Waals surface area (Å²) in [5, 5.41) is 13.7. The first-order valence-corrected chi connectivity index (χ1v) is 5.61. The second-order valence-corrected chi connectivity index (χ2v) is 4.26. The van der Waals surface area contributed by atoms with Crippen LogP contribution >= 0.6 is 0 Å². The minimum Gasteiger partial charge on any atom is -0.325 e. The van der Waals surface area contributed by atoms with Crippen molar-refractivity contribution in [1.29, 1.82) is 0 Å². The summed E-state index contributed by atoms with van der Waals surface area (Å²) in [6.07, 6.45) is 1.73. The molecule has 1 heterocycles. The number of carbonyl (C=O) groups excluding carboxylic acids is 1. The first kappa shape index (κ1) is 11.6. The van der Waals surface area contributed by atoms with Crippen LogP contribution in [0.15, 0.2) is 24.4 Å². The van der Waals surface area contributed by atoms with E-state index in [2.05, 4.69) is 20.8 Å². The number of amides is 1. The van der Waals surface area contributed by atoms with Crippen LogP contribution in [0.3, 0.4) is 0 Å². The molecule has 0 saturated heterocycles. The summed E-state index contributed by atoms with van der Waals surface area (Å²) in [6.45, 7) is 4.33. The molecule has 90 valence electrons. The third kappa shape index (κ3) is 3.04. The van der Waals surface area contributed by atoms with Crippen molar-refractivity contribution in [3.63, 3.8) is 0 Å². The number of rotatable bonds is 4. The number of aromatic nitrogens is 2. The lowest BCUT2D eigenvalue weighted by molar-refractivity contribution is -0.115. The molecule has 5 heteroatoms. The van der Waals surface area contributed by atoms with Crippen molar-refractivity contribution in [2.45, 2.75) is 19.9 Å². The van der Waals surface area contributed by atoms with Gasteiger partial charge in [0.2, 0.25) is 5.91 Å². The average Bonchev–Trinajstić information content (AvgIpc) is 2.73. The van der Waals surface area contributed by atoms with Crippen molar-refractivity contribution in [1.82, 2.24) is 15.5 Å². The Morgan fingerprint density at radius 3 is 3.06 bits per heavy atom. The molecule has 17 heavy (non-hydrogen) atoms. The van der Waals surface area contributed by atoms with E-state index in [4.69, 9.17) is 0 Å². The Morgan fingerprint density at radius 2 is 2.29 bits per heavy atom. The van der Waals surface area contributed by atoms with Gasteiger partial charge in [-0.2, -0.15) is 5.10 Å². The Labute approximate surface area is 99.6 Å². The largest absolute Gasteiger partial charge is 0.325 e. The maximum Gasteiger partial charge on any atom is 0.238 e. The highest BCUT2D eigenvalue weighted by molar-refractivity contribution is 5.94. The van der Waals surface area contributed by atoms with Gasteiger partial charge in [0.15, 0.2) is 0 Å². The van der Waals surface area contributed by atoms with Gasteiger partial charge >= 0.3 is 0 Å². The van der Waals surface area contributed by atoms with Crippen LogP contribution in [0, 0.1) is 0 Å². The van der Waals surface area contributed by atoms with Crippen molar-refractivity contribution in [2.75, 3.05) is 11.9 Å². The van der Waals surface area contributed by atoms with Gasteiger partial charge in [-0.1, -0.05) is 13.8 Å². The van der Waals surface area contributed by atoms with E-state index in [1.807, 2.05) is 32.0 Å². The molecule has 0 spiro atoms. The fourth-order valence-electron chi connectivity index (χ4n) is 1.52. The molecular weight excluding hydrogens is 216 g/mol. The van der Waals surface area contributed by atoms with E-state index in [-0.39, 0.29) is 5.91 Å². The molecule has 0 aliphatic heterocycles. The minimum atomic E-state index is -0.0402. The number of nitrogens with zero attached hydrogens (tertiary/aromatic N) is 1. The Bertz CT molecular complexity index is 518. The molecule has 0 saturated carbocycles. The monoisotopic (exact) mass is 232 g/mol. The van der Waals surface area contributed by atoms with Gasteiger partial charge in [-0.15, -0.1) is 0 Å². The molecule has 0 aliphatic carbocycles. The molecule has 2 aromatic rings. The number of fused-ring (bicyclic) bond motifs is 1. The van der Waals surface area contributed by atoms with Gasteiger partial charge in [-0.3, -0.25) is 9.89 Å². The molecular formula is C12H16N4O. The van der Waals surface area contributed by atoms with Gasteiger partial charge in [-0.05, 0) is 18.2 Å². The van der Waals surface area contributed by atoms with Gasteiger partial charge in [-0.25, -0.2) is 0 Å². The summed E-state index contributed by atoms with van der Waals surface area (Å²) in [5.74, 6) is -0.0402. The first-order valence-electron chi connectivity index (χ1n) is 5.61. The van der Waals surface area contributed by atoms with Crippen molar-refractivity contribution < 1.29 is 4.79 Å². The fourth-order valence-corrected chi connectivity index (χ4v) is 1.52. The number of aromatic amines is 1. The van der Waals surface area contributed by atoms with E-state index in [9.17, 15) is 4.79 Å². The van der Waals surface area contributed by atoms with Crippen LogP contribution in [-0.2, 0) is 4.79 Å². The number of carbonyl (C=O) groups is 1. The first-order chi connectivity index (χ1) is 8.15. The van der Waals surface area contributed by atoms with Gasteiger partial charge in [0.1, 0.15) is 0 Å². The molecule has 1 aromatic heterocycles. The number of anilines is 1. The van der Waals surface area contributed by atoms with E-state index in [1.165, 1.54) is 0 Å². The summed E-state index contributed by atoms with van der Waals surface area (Å²) in [6, 6.07) is 5.95. The zero-order valence-electron chi connectivity index (χ0n) is 9.95. The molecule has 0 atom stereocenters. The highest BCUT2D eigenvalue weighted by atomic mass is 16.1. The number of hydrogen-bond acceptors (Lipinski definition) is 3. The lowest BCUT2D eigenvalue weighted by Crippen LogP contribution is -2.32. The van der Waals surface area contributed by atoms with Crippen LogP contribution in [0.1, 0.15) is 13.8 Å². The average molecular weight is 232 g/mol. The smallest absolute Gasteiger partial charge is 0.238 e. The predicted octanol–water partition coefficient (Wildman–Crippen LogP) is 1.50. The number of H-pyrrole nitrogens is 1. The highest BCUT2D eigenvalue weighted by Gasteiger charge is 2.04. The van der Waals surface area contributed by atoms with Crippen LogP contribution in [0.25, 0.3) is 10.9 Å². The lowest BCUT2D eigenvalue weighted by atomic mass is 10.2. The van der Waals surface area contributed by atoms with Crippen LogP contribution in [0.4, 0.5) is 5.69 Å². The van der Waals surface area contributed by atoms with Crippen molar-refractivity contribution >= 4 is 22.5 Å². The molecule has 3 N–H and O–H groups in total. The normalized spacial score (nSPS) is 11.0.